The molecule has 0 spiro atoms. The molecule has 1 aromatic heterocycles. The Balaban J connectivity index is 3.90. The summed E-state index contributed by atoms with van der Waals surface area (Å²) in [5.74, 6) is 0. The zero-order valence-electron chi connectivity index (χ0n) is 8.64. The van der Waals surface area contributed by atoms with Gasteiger partial charge in [-0.2, -0.15) is 9.13 Å². The lowest BCUT2D eigenvalue weighted by molar-refractivity contribution is 0.547. The smallest absolute Gasteiger partial charge is 0.246 e. The summed E-state index contributed by atoms with van der Waals surface area (Å²) in [6.07, 6.45) is 10.6. The van der Waals surface area contributed by atoms with Crippen LogP contribution in [0.5, 0.6) is 0 Å². The molecule has 0 saturated carbocycles. The zero-order chi connectivity index (χ0) is 12.3. The Morgan fingerprint density at radius 2 is 1.44 bits per heavy atom. The number of terminal acetylenes is 2. The molecule has 0 aliphatic rings. The summed E-state index contributed by atoms with van der Waals surface area (Å²) in [6.45, 7) is 1.93. The third-order valence-electron chi connectivity index (χ3n) is 1.93. The normalized spacial score (nSPS) is 9.44. The molecule has 0 aliphatic heterocycles. The van der Waals surface area contributed by atoms with E-state index in [0.717, 1.165) is 4.57 Å². The molecule has 1 heterocycles. The molecule has 6 nitrogen and oxygen atoms in total. The van der Waals surface area contributed by atoms with Crippen LogP contribution >= 0.6 is 0 Å². The number of hydrogen-bond donors (Lipinski definition) is 0. The molecule has 1 rings (SSSR count). The van der Waals surface area contributed by atoms with E-state index < -0.39 is 17.1 Å². The average Bonchev–Trinajstić information content (AvgIpc) is 2.26. The fourth-order valence-electron chi connectivity index (χ4n) is 1.22. The van der Waals surface area contributed by atoms with Gasteiger partial charge in [0, 0.05) is 18.6 Å². The van der Waals surface area contributed by atoms with E-state index in [1.807, 2.05) is 12.1 Å². The lowest BCUT2D eigenvalue weighted by atomic mass is 10.5. The molecule has 0 unspecified atom stereocenters. The molecule has 16 heavy (non-hydrogen) atoms. The maximum absolute atomic E-state index is 11.6. The van der Waals surface area contributed by atoms with Gasteiger partial charge < -0.3 is 0 Å². The van der Waals surface area contributed by atoms with Gasteiger partial charge in [0.1, 0.15) is 0 Å². The van der Waals surface area contributed by atoms with Gasteiger partial charge in [-0.05, 0) is 6.42 Å². The SMILES string of the molecule is C#Cn1c(=O)n(C#C)c(=O)n(CCC)c1=O. The van der Waals surface area contributed by atoms with Gasteiger partial charge in [-0.3, -0.25) is 0 Å². The van der Waals surface area contributed by atoms with Gasteiger partial charge >= 0.3 is 17.1 Å². The fraction of sp³-hybridized carbons (Fsp3) is 0.300. The van der Waals surface area contributed by atoms with Crippen LogP contribution in [0.3, 0.4) is 0 Å². The Bertz CT molecular complexity index is 609. The van der Waals surface area contributed by atoms with Crippen molar-refractivity contribution in [3.8, 4) is 24.9 Å². The maximum Gasteiger partial charge on any atom is 0.360 e. The van der Waals surface area contributed by atoms with E-state index in [2.05, 4.69) is 0 Å². The highest BCUT2D eigenvalue weighted by atomic mass is 16.2. The molecule has 0 amide bonds. The van der Waals surface area contributed by atoms with Crippen molar-refractivity contribution in [1.82, 2.24) is 13.7 Å². The fourth-order valence-corrected chi connectivity index (χ4v) is 1.22. The molecule has 1 aromatic rings. The highest BCUT2D eigenvalue weighted by molar-refractivity contribution is 4.99. The summed E-state index contributed by atoms with van der Waals surface area (Å²) in [7, 11) is 0. The molecule has 0 fully saturated rings. The Morgan fingerprint density at radius 3 is 1.75 bits per heavy atom. The van der Waals surface area contributed by atoms with E-state index >= 15 is 0 Å². The minimum atomic E-state index is -0.993. The predicted octanol–water partition coefficient (Wildman–Crippen LogP) is -1.54. The van der Waals surface area contributed by atoms with E-state index in [9.17, 15) is 14.4 Å². The van der Waals surface area contributed by atoms with Crippen LogP contribution in [0.15, 0.2) is 14.4 Å². The van der Waals surface area contributed by atoms with Gasteiger partial charge in [0.05, 0.1) is 0 Å². The first-order chi connectivity index (χ1) is 7.58. The first-order valence-electron chi connectivity index (χ1n) is 4.50. The van der Waals surface area contributed by atoms with E-state index in [1.54, 1.807) is 6.92 Å². The van der Waals surface area contributed by atoms with E-state index in [4.69, 9.17) is 12.8 Å². The van der Waals surface area contributed by atoms with Gasteiger partial charge in [0.25, 0.3) is 0 Å². The molecular weight excluding hydrogens is 210 g/mol. The van der Waals surface area contributed by atoms with Gasteiger partial charge in [-0.25, -0.2) is 19.0 Å². The topological polar surface area (TPSA) is 66.0 Å². The van der Waals surface area contributed by atoms with Crippen molar-refractivity contribution in [3.05, 3.63) is 31.5 Å². The molecule has 0 atom stereocenters. The van der Waals surface area contributed by atoms with E-state index in [0.29, 0.717) is 15.6 Å². The third-order valence-corrected chi connectivity index (χ3v) is 1.93. The Morgan fingerprint density at radius 1 is 1.00 bits per heavy atom. The van der Waals surface area contributed by atoms with Crippen LogP contribution in [0.1, 0.15) is 13.3 Å². The molecule has 0 saturated heterocycles. The quantitative estimate of drug-likeness (QED) is 0.566. The average molecular weight is 219 g/mol. The zero-order valence-corrected chi connectivity index (χ0v) is 8.64. The second-order valence-corrected chi connectivity index (χ2v) is 2.93. The predicted molar refractivity (Wildman–Crippen MR) is 58.0 cm³/mol. The van der Waals surface area contributed by atoms with Crippen LogP contribution in [0.2, 0.25) is 0 Å². The van der Waals surface area contributed by atoms with Crippen LogP contribution in [0.4, 0.5) is 0 Å². The number of aromatic nitrogens is 3. The molecule has 0 aliphatic carbocycles. The molecule has 0 aromatic carbocycles. The first kappa shape index (κ1) is 11.6. The Labute approximate surface area is 90.8 Å². The first-order valence-corrected chi connectivity index (χ1v) is 4.50. The largest absolute Gasteiger partial charge is 0.360 e. The van der Waals surface area contributed by atoms with Crippen LogP contribution in [0.25, 0.3) is 0 Å². The minimum Gasteiger partial charge on any atom is -0.246 e. The molecular formula is C10H9N3O3. The van der Waals surface area contributed by atoms with Crippen molar-refractivity contribution in [2.45, 2.75) is 19.9 Å². The monoisotopic (exact) mass is 219 g/mol. The number of hydrogen-bond acceptors (Lipinski definition) is 3. The second kappa shape index (κ2) is 4.37. The van der Waals surface area contributed by atoms with Gasteiger partial charge in [-0.15, -0.1) is 0 Å². The van der Waals surface area contributed by atoms with Crippen LogP contribution in [0, 0.1) is 24.9 Å². The Hall–Kier alpha value is -2.47. The summed E-state index contributed by atoms with van der Waals surface area (Å²) < 4.78 is 1.77. The summed E-state index contributed by atoms with van der Waals surface area (Å²) >= 11 is 0. The molecule has 6 heteroatoms. The van der Waals surface area contributed by atoms with Crippen LogP contribution in [-0.2, 0) is 6.54 Å². The van der Waals surface area contributed by atoms with Crippen molar-refractivity contribution in [1.29, 1.82) is 0 Å². The van der Waals surface area contributed by atoms with Gasteiger partial charge in [0.2, 0.25) is 0 Å². The third kappa shape index (κ3) is 1.57. The molecule has 0 bridgehead atoms. The Kier molecular flexibility index (Phi) is 3.17. The standard InChI is InChI=1S/C10H9N3O3/c1-4-7-13-9(15)11(5-2)8(14)12(6-3)10(13)16/h2-3H,4,7H2,1H3. The summed E-state index contributed by atoms with van der Waals surface area (Å²) in [6, 6.07) is 3.76. The van der Waals surface area contributed by atoms with Gasteiger partial charge in [0.15, 0.2) is 0 Å². The minimum absolute atomic E-state index is 0.154. The highest BCUT2D eigenvalue weighted by Crippen LogP contribution is 1.78. The van der Waals surface area contributed by atoms with Crippen LogP contribution in [-0.4, -0.2) is 13.7 Å². The van der Waals surface area contributed by atoms with Crippen molar-refractivity contribution >= 4 is 0 Å². The van der Waals surface area contributed by atoms with Crippen LogP contribution < -0.4 is 17.1 Å². The lowest BCUT2D eigenvalue weighted by Crippen LogP contribution is -2.52. The van der Waals surface area contributed by atoms with Crippen molar-refractivity contribution < 1.29 is 0 Å². The summed E-state index contributed by atoms with van der Waals surface area (Å²) in [5, 5.41) is 0. The highest BCUT2D eigenvalue weighted by Gasteiger charge is 2.12. The molecule has 0 N–H and O–H groups in total. The van der Waals surface area contributed by atoms with Crippen molar-refractivity contribution in [2.24, 2.45) is 0 Å². The summed E-state index contributed by atoms with van der Waals surface area (Å²) in [4.78, 5) is 34.7. The molecule has 82 valence electrons. The van der Waals surface area contributed by atoms with E-state index in [1.165, 1.54) is 0 Å². The van der Waals surface area contributed by atoms with E-state index in [-0.39, 0.29) is 6.54 Å². The number of rotatable bonds is 2. The maximum atomic E-state index is 11.6. The second-order valence-electron chi connectivity index (χ2n) is 2.93. The lowest BCUT2D eigenvalue weighted by Gasteiger charge is -2.05. The van der Waals surface area contributed by atoms with Crippen molar-refractivity contribution in [3.63, 3.8) is 0 Å². The molecule has 0 radical (unpaired) electrons. The summed E-state index contributed by atoms with van der Waals surface area (Å²) in [5.41, 5.74) is -2.68. The van der Waals surface area contributed by atoms with Crippen molar-refractivity contribution in [2.75, 3.05) is 0 Å². The van der Waals surface area contributed by atoms with Gasteiger partial charge in [-0.1, -0.05) is 19.8 Å². The number of nitrogens with zero attached hydrogens (tertiary/aromatic N) is 3.